The monoisotopic (exact) mass is 322 g/mol. The van der Waals surface area contributed by atoms with Crippen LogP contribution in [0.25, 0.3) is 0 Å². The van der Waals surface area contributed by atoms with E-state index in [1.165, 1.54) is 12.1 Å². The minimum atomic E-state index is -0.204. The molecule has 2 amide bonds. The van der Waals surface area contributed by atoms with Gasteiger partial charge in [0.15, 0.2) is 0 Å². The van der Waals surface area contributed by atoms with Crippen molar-refractivity contribution in [1.82, 2.24) is 20.0 Å². The topological polar surface area (TPSA) is 38.8 Å². The van der Waals surface area contributed by atoms with Gasteiger partial charge in [-0.2, -0.15) is 0 Å². The van der Waals surface area contributed by atoms with E-state index in [1.807, 2.05) is 31.1 Å². The van der Waals surface area contributed by atoms with Crippen molar-refractivity contribution in [3.8, 4) is 0 Å². The molecular formula is C17H27FN4O. The Hall–Kier alpha value is -1.66. The van der Waals surface area contributed by atoms with Crippen LogP contribution in [-0.4, -0.2) is 74.1 Å². The smallest absolute Gasteiger partial charge is 0.317 e. The van der Waals surface area contributed by atoms with Crippen LogP contribution in [-0.2, 0) is 6.54 Å². The fourth-order valence-electron chi connectivity index (χ4n) is 2.66. The molecule has 1 heterocycles. The van der Waals surface area contributed by atoms with Crippen molar-refractivity contribution in [1.29, 1.82) is 0 Å². The van der Waals surface area contributed by atoms with Gasteiger partial charge >= 0.3 is 6.03 Å². The SMILES string of the molecule is CN(C)CCCNC(=O)N1CCN(Cc2ccc(F)cc2)CC1. The van der Waals surface area contributed by atoms with Crippen molar-refractivity contribution in [3.05, 3.63) is 35.6 Å². The Morgan fingerprint density at radius 3 is 2.43 bits per heavy atom. The molecule has 0 saturated carbocycles. The van der Waals surface area contributed by atoms with Crippen molar-refractivity contribution in [2.24, 2.45) is 0 Å². The lowest BCUT2D eigenvalue weighted by Crippen LogP contribution is -2.51. The predicted molar refractivity (Wildman–Crippen MR) is 89.8 cm³/mol. The van der Waals surface area contributed by atoms with E-state index in [4.69, 9.17) is 0 Å². The fourth-order valence-corrected chi connectivity index (χ4v) is 2.66. The number of amides is 2. The number of rotatable bonds is 6. The summed E-state index contributed by atoms with van der Waals surface area (Å²) in [5.41, 5.74) is 1.10. The van der Waals surface area contributed by atoms with Gasteiger partial charge in [-0.25, -0.2) is 9.18 Å². The quantitative estimate of drug-likeness (QED) is 0.809. The molecule has 1 aliphatic heterocycles. The Bertz CT molecular complexity index is 484. The lowest BCUT2D eigenvalue weighted by molar-refractivity contribution is 0.135. The Labute approximate surface area is 138 Å². The summed E-state index contributed by atoms with van der Waals surface area (Å²) >= 11 is 0. The summed E-state index contributed by atoms with van der Waals surface area (Å²) in [5.74, 6) is -0.204. The van der Waals surface area contributed by atoms with Crippen LogP contribution >= 0.6 is 0 Å². The molecule has 5 nitrogen and oxygen atoms in total. The van der Waals surface area contributed by atoms with Crippen LogP contribution in [0.15, 0.2) is 24.3 Å². The summed E-state index contributed by atoms with van der Waals surface area (Å²) in [6.45, 7) is 5.67. The predicted octanol–water partition coefficient (Wildman–Crippen LogP) is 1.60. The zero-order valence-electron chi connectivity index (χ0n) is 14.1. The minimum Gasteiger partial charge on any atom is -0.338 e. The molecule has 1 aliphatic rings. The third kappa shape index (κ3) is 6.15. The van der Waals surface area contributed by atoms with E-state index in [1.54, 1.807) is 0 Å². The zero-order valence-corrected chi connectivity index (χ0v) is 14.1. The van der Waals surface area contributed by atoms with Gasteiger partial charge in [-0.05, 0) is 44.8 Å². The molecule has 2 rings (SSSR count). The molecule has 1 N–H and O–H groups in total. The average molecular weight is 322 g/mol. The Morgan fingerprint density at radius 1 is 1.17 bits per heavy atom. The van der Waals surface area contributed by atoms with Crippen LogP contribution in [0.2, 0.25) is 0 Å². The van der Waals surface area contributed by atoms with E-state index >= 15 is 0 Å². The van der Waals surface area contributed by atoms with Gasteiger partial charge in [0.05, 0.1) is 0 Å². The molecular weight excluding hydrogens is 295 g/mol. The average Bonchev–Trinajstić information content (AvgIpc) is 2.54. The number of nitrogens with one attached hydrogen (secondary N) is 1. The molecule has 23 heavy (non-hydrogen) atoms. The van der Waals surface area contributed by atoms with Gasteiger partial charge in [0.1, 0.15) is 5.82 Å². The molecule has 0 bridgehead atoms. The summed E-state index contributed by atoms with van der Waals surface area (Å²) in [5, 5.41) is 2.98. The molecule has 0 unspecified atom stereocenters. The van der Waals surface area contributed by atoms with Crippen LogP contribution in [0.4, 0.5) is 9.18 Å². The minimum absolute atomic E-state index is 0.0326. The standard InChI is InChI=1S/C17H27FN4O/c1-20(2)9-3-8-19-17(23)22-12-10-21(11-13-22)14-15-4-6-16(18)7-5-15/h4-7H,3,8-14H2,1-2H3,(H,19,23). The number of hydrogen-bond acceptors (Lipinski definition) is 3. The number of piperazine rings is 1. The van der Waals surface area contributed by atoms with E-state index in [0.717, 1.165) is 51.3 Å². The van der Waals surface area contributed by atoms with Gasteiger partial charge in [-0.3, -0.25) is 4.90 Å². The molecule has 6 heteroatoms. The van der Waals surface area contributed by atoms with Gasteiger partial charge in [-0.1, -0.05) is 12.1 Å². The second kappa shape index (κ2) is 8.84. The molecule has 128 valence electrons. The number of nitrogens with zero attached hydrogens (tertiary/aromatic N) is 3. The van der Waals surface area contributed by atoms with Crippen LogP contribution in [0.1, 0.15) is 12.0 Å². The Balaban J connectivity index is 1.66. The maximum absolute atomic E-state index is 12.9. The van der Waals surface area contributed by atoms with Crippen molar-refractivity contribution >= 4 is 6.03 Å². The first-order valence-corrected chi connectivity index (χ1v) is 8.19. The zero-order chi connectivity index (χ0) is 16.7. The van der Waals surface area contributed by atoms with Crippen molar-refractivity contribution in [3.63, 3.8) is 0 Å². The number of urea groups is 1. The van der Waals surface area contributed by atoms with Crippen molar-refractivity contribution in [2.75, 3.05) is 53.4 Å². The van der Waals surface area contributed by atoms with Crippen LogP contribution in [0.5, 0.6) is 0 Å². The van der Waals surface area contributed by atoms with E-state index in [9.17, 15) is 9.18 Å². The molecule has 0 spiro atoms. The molecule has 1 aromatic carbocycles. The van der Waals surface area contributed by atoms with Crippen LogP contribution in [0, 0.1) is 5.82 Å². The van der Waals surface area contributed by atoms with Gasteiger partial charge in [0.25, 0.3) is 0 Å². The number of benzene rings is 1. The number of carbonyl (C=O) groups excluding carboxylic acids is 1. The van der Waals surface area contributed by atoms with E-state index < -0.39 is 0 Å². The summed E-state index contributed by atoms with van der Waals surface area (Å²) in [4.78, 5) is 18.4. The summed E-state index contributed by atoms with van der Waals surface area (Å²) in [6, 6.07) is 6.66. The number of hydrogen-bond donors (Lipinski definition) is 1. The molecule has 1 fully saturated rings. The molecule has 0 atom stereocenters. The highest BCUT2D eigenvalue weighted by Crippen LogP contribution is 2.09. The van der Waals surface area contributed by atoms with Gasteiger partial charge < -0.3 is 15.1 Å². The van der Waals surface area contributed by atoms with E-state index in [0.29, 0.717) is 6.54 Å². The highest BCUT2D eigenvalue weighted by atomic mass is 19.1. The molecule has 1 saturated heterocycles. The maximum atomic E-state index is 12.9. The lowest BCUT2D eigenvalue weighted by Gasteiger charge is -2.34. The summed E-state index contributed by atoms with van der Waals surface area (Å²) < 4.78 is 12.9. The number of halogens is 1. The van der Waals surface area contributed by atoms with E-state index in [-0.39, 0.29) is 11.8 Å². The Kier molecular flexibility index (Phi) is 6.80. The molecule has 0 aliphatic carbocycles. The first-order chi connectivity index (χ1) is 11.0. The second-order valence-electron chi connectivity index (χ2n) is 6.28. The van der Waals surface area contributed by atoms with Crippen LogP contribution < -0.4 is 5.32 Å². The molecule has 1 aromatic rings. The van der Waals surface area contributed by atoms with Crippen molar-refractivity contribution in [2.45, 2.75) is 13.0 Å². The third-order valence-electron chi connectivity index (χ3n) is 4.04. The maximum Gasteiger partial charge on any atom is 0.317 e. The van der Waals surface area contributed by atoms with Crippen LogP contribution in [0.3, 0.4) is 0 Å². The van der Waals surface area contributed by atoms with Gasteiger partial charge in [0.2, 0.25) is 0 Å². The molecule has 0 radical (unpaired) electrons. The van der Waals surface area contributed by atoms with Gasteiger partial charge in [0, 0.05) is 39.3 Å². The lowest BCUT2D eigenvalue weighted by atomic mass is 10.2. The highest BCUT2D eigenvalue weighted by molar-refractivity contribution is 5.74. The summed E-state index contributed by atoms with van der Waals surface area (Å²) in [6.07, 6.45) is 0.962. The Morgan fingerprint density at radius 2 is 1.83 bits per heavy atom. The first-order valence-electron chi connectivity index (χ1n) is 8.19. The third-order valence-corrected chi connectivity index (χ3v) is 4.04. The fraction of sp³-hybridized carbons (Fsp3) is 0.588. The normalized spacial score (nSPS) is 15.9. The second-order valence-corrected chi connectivity index (χ2v) is 6.28. The first kappa shape index (κ1) is 17.7. The largest absolute Gasteiger partial charge is 0.338 e. The number of carbonyl (C=O) groups is 1. The highest BCUT2D eigenvalue weighted by Gasteiger charge is 2.20. The summed E-state index contributed by atoms with van der Waals surface area (Å²) in [7, 11) is 4.06. The molecule has 0 aromatic heterocycles. The van der Waals surface area contributed by atoms with Crippen molar-refractivity contribution < 1.29 is 9.18 Å². The van der Waals surface area contributed by atoms with E-state index in [2.05, 4.69) is 15.1 Å². The van der Waals surface area contributed by atoms with Gasteiger partial charge in [-0.15, -0.1) is 0 Å².